The summed E-state index contributed by atoms with van der Waals surface area (Å²) in [6.07, 6.45) is -8.91. The largest absolute Gasteiger partial charge is 0.509 e. The first-order valence-corrected chi connectivity index (χ1v) is 16.4. The lowest BCUT2D eigenvalue weighted by atomic mass is 9.72. The number of ether oxygens (including phenoxy) is 2. The lowest BCUT2D eigenvalue weighted by Gasteiger charge is -2.54. The predicted octanol–water partition coefficient (Wildman–Crippen LogP) is 5.77. The SMILES string of the molecule is CN1N(Cc2ccc(OCCCOC[C@@H](O)CO)c(F)c2F)C(=O)C(C(=O)Nc2ccc(C(F)(F)F)cc2-c2ccc(C(F)(F)F)nc2)=C(O)C12CCC2. The summed E-state index contributed by atoms with van der Waals surface area (Å²) in [6, 6.07) is 5.69. The fourth-order valence-electron chi connectivity index (χ4n) is 5.99. The van der Waals surface area contributed by atoms with Gasteiger partial charge in [0.2, 0.25) is 5.82 Å². The van der Waals surface area contributed by atoms with Crippen molar-refractivity contribution in [3.8, 4) is 16.9 Å². The second-order valence-electron chi connectivity index (χ2n) is 12.6. The van der Waals surface area contributed by atoms with Crippen LogP contribution in [0.25, 0.3) is 11.1 Å². The molecule has 2 heterocycles. The number of rotatable bonds is 13. The Labute approximate surface area is 302 Å². The Morgan fingerprint density at radius 2 is 1.74 bits per heavy atom. The number of hydrogen-bond donors (Lipinski definition) is 4. The van der Waals surface area contributed by atoms with Gasteiger partial charge >= 0.3 is 12.4 Å². The zero-order valence-corrected chi connectivity index (χ0v) is 28.4. The molecule has 1 aromatic heterocycles. The van der Waals surface area contributed by atoms with Crippen LogP contribution in [0.5, 0.6) is 5.75 Å². The minimum atomic E-state index is -4.89. The molecule has 1 aliphatic carbocycles. The third kappa shape index (κ3) is 8.28. The van der Waals surface area contributed by atoms with Crippen molar-refractivity contribution in [2.75, 3.05) is 38.8 Å². The zero-order valence-electron chi connectivity index (χ0n) is 28.4. The van der Waals surface area contributed by atoms with Crippen molar-refractivity contribution in [3.63, 3.8) is 0 Å². The lowest BCUT2D eigenvalue weighted by Crippen LogP contribution is -2.65. The number of alkyl halides is 6. The van der Waals surface area contributed by atoms with E-state index in [9.17, 15) is 46.1 Å². The molecular formula is C35H34F8N4O7. The van der Waals surface area contributed by atoms with Crippen molar-refractivity contribution in [1.82, 2.24) is 15.0 Å². The number of aliphatic hydroxyl groups excluding tert-OH is 3. The van der Waals surface area contributed by atoms with Gasteiger partial charge in [-0.25, -0.2) is 9.40 Å². The Balaban J connectivity index is 1.40. The Morgan fingerprint density at radius 1 is 1.02 bits per heavy atom. The highest BCUT2D eigenvalue weighted by atomic mass is 19.4. The van der Waals surface area contributed by atoms with Crippen LogP contribution in [0.1, 0.15) is 42.5 Å². The number of carbonyl (C=O) groups is 2. The average molecular weight is 775 g/mol. The highest BCUT2D eigenvalue weighted by Gasteiger charge is 2.55. The van der Waals surface area contributed by atoms with Crippen molar-refractivity contribution in [2.45, 2.75) is 56.2 Å². The van der Waals surface area contributed by atoms with Gasteiger partial charge in [-0.3, -0.25) is 19.6 Å². The third-order valence-electron chi connectivity index (χ3n) is 9.13. The number of pyridine rings is 1. The van der Waals surface area contributed by atoms with Gasteiger partial charge in [0.25, 0.3) is 11.8 Å². The first kappa shape index (κ1) is 40.3. The molecule has 11 nitrogen and oxygen atoms in total. The van der Waals surface area contributed by atoms with E-state index in [4.69, 9.17) is 14.6 Å². The van der Waals surface area contributed by atoms with Crippen LogP contribution in [0.3, 0.4) is 0 Å². The lowest BCUT2D eigenvalue weighted by molar-refractivity contribution is -0.172. The van der Waals surface area contributed by atoms with Gasteiger partial charge in [0.05, 0.1) is 37.5 Å². The molecule has 2 aliphatic rings. The van der Waals surface area contributed by atoms with Crippen molar-refractivity contribution in [3.05, 3.63) is 88.4 Å². The molecule has 2 aromatic carbocycles. The molecule has 0 saturated heterocycles. The van der Waals surface area contributed by atoms with Crippen molar-refractivity contribution < 1.29 is 69.5 Å². The molecule has 2 amide bonds. The number of amides is 2. The van der Waals surface area contributed by atoms with E-state index in [0.29, 0.717) is 30.8 Å². The molecule has 1 saturated carbocycles. The molecule has 19 heteroatoms. The van der Waals surface area contributed by atoms with Gasteiger partial charge in [-0.05, 0) is 49.6 Å². The van der Waals surface area contributed by atoms with E-state index in [-0.39, 0.29) is 55.9 Å². The molecule has 3 aromatic rings. The van der Waals surface area contributed by atoms with Crippen LogP contribution in [-0.2, 0) is 33.2 Å². The molecule has 4 N–H and O–H groups in total. The number of likely N-dealkylation sites (N-methyl/N-ethyl adjacent to an activating group) is 1. The van der Waals surface area contributed by atoms with E-state index < -0.39 is 94.5 Å². The number of nitrogens with zero attached hydrogens (tertiary/aromatic N) is 3. The van der Waals surface area contributed by atoms with Crippen LogP contribution in [0.2, 0.25) is 0 Å². The maximum atomic E-state index is 15.4. The zero-order chi connectivity index (χ0) is 39.6. The number of halogens is 8. The van der Waals surface area contributed by atoms with Gasteiger partial charge in [-0.2, -0.15) is 30.7 Å². The Bertz CT molecular complexity index is 1900. The molecule has 0 unspecified atom stereocenters. The van der Waals surface area contributed by atoms with Gasteiger partial charge in [-0.1, -0.05) is 12.1 Å². The minimum Gasteiger partial charge on any atom is -0.509 e. The van der Waals surface area contributed by atoms with Crippen molar-refractivity contribution in [2.24, 2.45) is 0 Å². The van der Waals surface area contributed by atoms with E-state index in [1.165, 1.54) is 12.1 Å². The highest BCUT2D eigenvalue weighted by molar-refractivity contribution is 6.24. The molecule has 5 rings (SSSR count). The number of anilines is 1. The van der Waals surface area contributed by atoms with Crippen LogP contribution >= 0.6 is 0 Å². The maximum absolute atomic E-state index is 15.4. The van der Waals surface area contributed by atoms with E-state index in [1.54, 1.807) is 0 Å². The number of nitrogens with one attached hydrogen (secondary N) is 1. The fourth-order valence-corrected chi connectivity index (χ4v) is 5.99. The number of carbonyl (C=O) groups excluding carboxylic acids is 2. The molecule has 1 atom stereocenters. The minimum absolute atomic E-state index is 0.0904. The molecule has 1 aliphatic heterocycles. The fraction of sp³-hybridized carbons (Fsp3) is 0.400. The van der Waals surface area contributed by atoms with Crippen LogP contribution in [0.4, 0.5) is 40.8 Å². The molecule has 1 spiro atoms. The summed E-state index contributed by atoms with van der Waals surface area (Å²) in [7, 11) is 1.40. The predicted molar refractivity (Wildman–Crippen MR) is 173 cm³/mol. The van der Waals surface area contributed by atoms with Gasteiger partial charge in [-0.15, -0.1) is 0 Å². The van der Waals surface area contributed by atoms with E-state index in [2.05, 4.69) is 10.3 Å². The number of hydrogen-bond acceptors (Lipinski definition) is 9. The summed E-state index contributed by atoms with van der Waals surface area (Å²) in [5, 5.41) is 33.9. The number of hydrazine groups is 1. The molecular weight excluding hydrogens is 740 g/mol. The normalized spacial score (nSPS) is 16.8. The van der Waals surface area contributed by atoms with E-state index in [1.807, 2.05) is 0 Å². The topological polar surface area (TPSA) is 145 Å². The maximum Gasteiger partial charge on any atom is 0.433 e. The van der Waals surface area contributed by atoms with Crippen molar-refractivity contribution in [1.29, 1.82) is 0 Å². The second-order valence-corrected chi connectivity index (χ2v) is 12.6. The summed E-state index contributed by atoms with van der Waals surface area (Å²) in [5.41, 5.74) is -6.03. The van der Waals surface area contributed by atoms with Crippen molar-refractivity contribution >= 4 is 17.5 Å². The standard InChI is InChI=1S/C35H34F8N4O7/c1-46-33(10-2-11-33)30(50)27(32(52)47(46)16-20-4-8-25(29(37)28(20)36)54-13-3-12-53-18-22(49)17-48)31(51)45-24-7-6-21(34(38,39)40)14-23(24)19-5-9-26(44-15-19)35(41,42)43/h4-9,14-15,22,48-50H,2-3,10-13,16-18H2,1H3,(H,45,51)/t22-/m0/s1. The summed E-state index contributed by atoms with van der Waals surface area (Å²) >= 11 is 0. The number of aromatic nitrogens is 1. The first-order valence-electron chi connectivity index (χ1n) is 16.4. The first-order chi connectivity index (χ1) is 25.4. The summed E-state index contributed by atoms with van der Waals surface area (Å²) in [6.45, 7) is -1.26. The quantitative estimate of drug-likeness (QED) is 0.0968. The van der Waals surface area contributed by atoms with Crippen LogP contribution in [0, 0.1) is 11.6 Å². The third-order valence-corrected chi connectivity index (χ3v) is 9.13. The number of aliphatic hydroxyl groups is 3. The second kappa shape index (κ2) is 15.9. The molecule has 0 radical (unpaired) electrons. The van der Waals surface area contributed by atoms with E-state index >= 15 is 8.78 Å². The Morgan fingerprint density at radius 3 is 2.33 bits per heavy atom. The van der Waals surface area contributed by atoms with Crippen LogP contribution in [-0.4, -0.2) is 87.3 Å². The van der Waals surface area contributed by atoms with Gasteiger partial charge < -0.3 is 30.1 Å². The summed E-state index contributed by atoms with van der Waals surface area (Å²) in [4.78, 5) is 31.0. The average Bonchev–Trinajstić information content (AvgIpc) is 3.09. The van der Waals surface area contributed by atoms with Gasteiger partial charge in [0.15, 0.2) is 11.6 Å². The Kier molecular flexibility index (Phi) is 11.8. The van der Waals surface area contributed by atoms with E-state index in [0.717, 1.165) is 29.3 Å². The molecule has 1 fully saturated rings. The summed E-state index contributed by atoms with van der Waals surface area (Å²) in [5.74, 6) is -6.31. The molecule has 292 valence electrons. The molecule has 0 bridgehead atoms. The van der Waals surface area contributed by atoms with Gasteiger partial charge in [0.1, 0.15) is 23.1 Å². The smallest absolute Gasteiger partial charge is 0.433 e. The number of benzene rings is 2. The van der Waals surface area contributed by atoms with Crippen LogP contribution in [0.15, 0.2) is 60.0 Å². The molecule has 54 heavy (non-hydrogen) atoms. The summed E-state index contributed by atoms with van der Waals surface area (Å²) < 4.78 is 121. The Hall–Kier alpha value is -4.85. The van der Waals surface area contributed by atoms with Gasteiger partial charge in [0, 0.05) is 48.6 Å². The highest BCUT2D eigenvalue weighted by Crippen LogP contribution is 2.47. The monoisotopic (exact) mass is 774 g/mol. The van der Waals surface area contributed by atoms with Crippen LogP contribution < -0.4 is 10.1 Å².